The van der Waals surface area contributed by atoms with Crippen LogP contribution in [0.3, 0.4) is 0 Å². The molecule has 158 valence electrons. The fraction of sp³-hybridized carbons (Fsp3) is 0.933. The summed E-state index contributed by atoms with van der Waals surface area (Å²) in [4.78, 5) is 11.4. The number of amides is 1. The molecule has 12 heteroatoms. The van der Waals surface area contributed by atoms with Crippen LogP contribution in [0.4, 0.5) is 0 Å². The highest BCUT2D eigenvalue weighted by Crippen LogP contribution is 2.29. The Labute approximate surface area is 154 Å². The molecule has 2 heterocycles. The summed E-state index contributed by atoms with van der Waals surface area (Å²) in [6.07, 6.45) is -9.58. The van der Waals surface area contributed by atoms with E-state index >= 15 is 0 Å². The fourth-order valence-electron chi connectivity index (χ4n) is 3.15. The molecule has 0 aromatic carbocycles. The van der Waals surface area contributed by atoms with Gasteiger partial charge < -0.3 is 55.3 Å². The Balaban J connectivity index is 2.05. The quantitative estimate of drug-likeness (QED) is 0.214. The van der Waals surface area contributed by atoms with Gasteiger partial charge in [-0.3, -0.25) is 4.79 Å². The van der Waals surface area contributed by atoms with Crippen LogP contribution >= 0.6 is 0 Å². The van der Waals surface area contributed by atoms with Crippen molar-refractivity contribution in [1.82, 2.24) is 5.32 Å². The maximum Gasteiger partial charge on any atom is 0.218 e. The van der Waals surface area contributed by atoms with Crippen molar-refractivity contribution in [2.24, 2.45) is 0 Å². The standard InChI is InChI=1S/C15H27NO11/c1-6(19)16-10-12(22)11(21)9(3-17)26-14(10)25-4-7-2-8(20)13(23)15(24,5-18)27-7/h7-14,17-18,20-24H,2-5H2,1H3,(H,16,19)/t7-,8+,9+,10+,11+,12+,13-,14-,15?/m0/s1. The van der Waals surface area contributed by atoms with Crippen LogP contribution in [-0.4, -0.2) is 116 Å². The number of hydrogen-bond acceptors (Lipinski definition) is 11. The van der Waals surface area contributed by atoms with Gasteiger partial charge in [-0.1, -0.05) is 0 Å². The molecule has 2 aliphatic heterocycles. The van der Waals surface area contributed by atoms with E-state index in [-0.39, 0.29) is 13.0 Å². The minimum Gasteiger partial charge on any atom is -0.394 e. The van der Waals surface area contributed by atoms with E-state index in [4.69, 9.17) is 14.2 Å². The first-order chi connectivity index (χ1) is 12.6. The lowest BCUT2D eigenvalue weighted by Crippen LogP contribution is -2.65. The highest BCUT2D eigenvalue weighted by Gasteiger charge is 2.49. The van der Waals surface area contributed by atoms with Gasteiger partial charge in [0.05, 0.1) is 32.0 Å². The summed E-state index contributed by atoms with van der Waals surface area (Å²) in [5.41, 5.74) is 0. The fourth-order valence-corrected chi connectivity index (χ4v) is 3.15. The number of rotatable bonds is 6. The Hall–Kier alpha value is -0.930. The van der Waals surface area contributed by atoms with Crippen LogP contribution in [0.2, 0.25) is 0 Å². The predicted octanol–water partition coefficient (Wildman–Crippen LogP) is -4.86. The third-order valence-electron chi connectivity index (χ3n) is 4.63. The average molecular weight is 397 g/mol. The van der Waals surface area contributed by atoms with Gasteiger partial charge in [-0.15, -0.1) is 0 Å². The van der Waals surface area contributed by atoms with Crippen molar-refractivity contribution in [3.8, 4) is 0 Å². The second kappa shape index (κ2) is 9.05. The summed E-state index contributed by atoms with van der Waals surface area (Å²) >= 11 is 0. The molecule has 2 fully saturated rings. The van der Waals surface area contributed by atoms with Crippen LogP contribution < -0.4 is 5.32 Å². The molecule has 2 aliphatic rings. The molecule has 1 unspecified atom stereocenters. The highest BCUT2D eigenvalue weighted by atomic mass is 16.7. The molecule has 2 rings (SSSR count). The molecule has 1 amide bonds. The Morgan fingerprint density at radius 2 is 1.89 bits per heavy atom. The molecule has 2 saturated heterocycles. The van der Waals surface area contributed by atoms with E-state index in [1.165, 1.54) is 6.92 Å². The van der Waals surface area contributed by atoms with Gasteiger partial charge in [0.25, 0.3) is 0 Å². The number of ether oxygens (including phenoxy) is 3. The Kier molecular flexibility index (Phi) is 7.49. The maximum atomic E-state index is 11.4. The SMILES string of the molecule is CC(=O)N[C@H]1[C@@H](OC[C@@H]2C[C@@H](O)[C@H](O)C(O)(CO)O2)O[C@H](CO)[C@@H](O)[C@@H]1O. The van der Waals surface area contributed by atoms with Gasteiger partial charge in [0.2, 0.25) is 11.7 Å². The molecule has 27 heavy (non-hydrogen) atoms. The maximum absolute atomic E-state index is 11.4. The second-order valence-corrected chi connectivity index (χ2v) is 6.76. The minimum atomic E-state index is -2.38. The number of carbonyl (C=O) groups excluding carboxylic acids is 1. The molecule has 9 atom stereocenters. The minimum absolute atomic E-state index is 0.129. The number of aliphatic hydroxyl groups is 7. The normalized spacial score (nSPS) is 45.5. The van der Waals surface area contributed by atoms with E-state index in [0.29, 0.717) is 0 Å². The topological polar surface area (TPSA) is 198 Å². The van der Waals surface area contributed by atoms with Crippen LogP contribution in [-0.2, 0) is 19.0 Å². The van der Waals surface area contributed by atoms with Crippen molar-refractivity contribution in [3.05, 3.63) is 0 Å². The first-order valence-electron chi connectivity index (χ1n) is 8.51. The molecule has 0 aromatic rings. The lowest BCUT2D eigenvalue weighted by atomic mass is 9.95. The lowest BCUT2D eigenvalue weighted by Gasteiger charge is -2.44. The molecule has 12 nitrogen and oxygen atoms in total. The summed E-state index contributed by atoms with van der Waals surface area (Å²) in [6, 6.07) is -1.16. The summed E-state index contributed by atoms with van der Waals surface area (Å²) < 4.78 is 16.0. The number of hydrogen-bond donors (Lipinski definition) is 8. The monoisotopic (exact) mass is 397 g/mol. The van der Waals surface area contributed by atoms with Crippen molar-refractivity contribution in [3.63, 3.8) is 0 Å². The zero-order chi connectivity index (χ0) is 20.4. The van der Waals surface area contributed by atoms with Crippen molar-refractivity contribution in [1.29, 1.82) is 0 Å². The molecular weight excluding hydrogens is 370 g/mol. The van der Waals surface area contributed by atoms with Crippen LogP contribution in [0.25, 0.3) is 0 Å². The number of carbonyl (C=O) groups is 1. The van der Waals surface area contributed by atoms with Gasteiger partial charge in [0, 0.05) is 13.3 Å². The molecule has 0 saturated carbocycles. The van der Waals surface area contributed by atoms with Crippen molar-refractivity contribution < 1.29 is 54.8 Å². The van der Waals surface area contributed by atoms with E-state index in [9.17, 15) is 40.5 Å². The zero-order valence-corrected chi connectivity index (χ0v) is 14.7. The van der Waals surface area contributed by atoms with Crippen molar-refractivity contribution in [2.45, 2.75) is 68.1 Å². The van der Waals surface area contributed by atoms with Crippen molar-refractivity contribution in [2.75, 3.05) is 19.8 Å². The third kappa shape index (κ3) is 4.92. The van der Waals surface area contributed by atoms with E-state index in [0.717, 1.165) is 0 Å². The molecule has 0 radical (unpaired) electrons. The van der Waals surface area contributed by atoms with E-state index in [1.54, 1.807) is 0 Å². The predicted molar refractivity (Wildman–Crippen MR) is 84.9 cm³/mol. The van der Waals surface area contributed by atoms with Crippen molar-refractivity contribution >= 4 is 5.91 Å². The zero-order valence-electron chi connectivity index (χ0n) is 14.7. The van der Waals surface area contributed by atoms with Gasteiger partial charge in [-0.05, 0) is 0 Å². The van der Waals surface area contributed by atoms with Crippen LogP contribution in [0, 0.1) is 0 Å². The molecule has 0 spiro atoms. The van der Waals surface area contributed by atoms with E-state index in [2.05, 4.69) is 5.32 Å². The Morgan fingerprint density at radius 1 is 1.22 bits per heavy atom. The van der Waals surface area contributed by atoms with E-state index < -0.39 is 73.9 Å². The van der Waals surface area contributed by atoms with Crippen LogP contribution in [0.15, 0.2) is 0 Å². The van der Waals surface area contributed by atoms with E-state index in [1.807, 2.05) is 0 Å². The highest BCUT2D eigenvalue weighted by molar-refractivity contribution is 5.73. The summed E-state index contributed by atoms with van der Waals surface area (Å²) in [5, 5.41) is 70.5. The van der Waals surface area contributed by atoms with Crippen LogP contribution in [0.5, 0.6) is 0 Å². The number of aliphatic hydroxyl groups excluding tert-OH is 6. The molecular formula is C15H27NO11. The smallest absolute Gasteiger partial charge is 0.218 e. The Bertz CT molecular complexity index is 508. The first kappa shape index (κ1) is 22.4. The number of nitrogens with one attached hydrogen (secondary N) is 1. The third-order valence-corrected chi connectivity index (χ3v) is 4.63. The van der Waals surface area contributed by atoms with Gasteiger partial charge in [-0.2, -0.15) is 0 Å². The first-order valence-corrected chi connectivity index (χ1v) is 8.51. The van der Waals surface area contributed by atoms with Gasteiger partial charge in [0.15, 0.2) is 6.29 Å². The molecule has 8 N–H and O–H groups in total. The lowest BCUT2D eigenvalue weighted by molar-refractivity contribution is -0.345. The largest absolute Gasteiger partial charge is 0.394 e. The molecule has 0 bridgehead atoms. The molecule has 0 aliphatic carbocycles. The summed E-state index contributed by atoms with van der Waals surface area (Å²) in [6.45, 7) is -0.695. The van der Waals surface area contributed by atoms with Crippen LogP contribution in [0.1, 0.15) is 13.3 Å². The average Bonchev–Trinajstić information content (AvgIpc) is 2.62. The van der Waals surface area contributed by atoms with Gasteiger partial charge in [-0.25, -0.2) is 0 Å². The van der Waals surface area contributed by atoms with Gasteiger partial charge >= 0.3 is 0 Å². The summed E-state index contributed by atoms with van der Waals surface area (Å²) in [7, 11) is 0. The Morgan fingerprint density at radius 3 is 2.44 bits per heavy atom. The van der Waals surface area contributed by atoms with Gasteiger partial charge in [0.1, 0.15) is 30.5 Å². The summed E-state index contributed by atoms with van der Waals surface area (Å²) in [5.74, 6) is -2.90. The molecule has 0 aromatic heterocycles. The second-order valence-electron chi connectivity index (χ2n) is 6.76.